The number of hydrogen-bond acceptors (Lipinski definition) is 3. The van der Waals surface area contributed by atoms with Gasteiger partial charge in [-0.3, -0.25) is 0 Å². The highest BCUT2D eigenvalue weighted by atomic mass is 16.5. The summed E-state index contributed by atoms with van der Waals surface area (Å²) in [5.41, 5.74) is -1.25. The second kappa shape index (κ2) is 4.67. The zero-order valence-corrected chi connectivity index (χ0v) is 10.9. The Morgan fingerprint density at radius 3 is 2.63 bits per heavy atom. The first kappa shape index (κ1) is 12.7. The van der Waals surface area contributed by atoms with Crippen LogP contribution in [0.15, 0.2) is 0 Å². The van der Waals surface area contributed by atoms with Crippen LogP contribution in [-0.4, -0.2) is 41.9 Å². The molecule has 2 aliphatic carbocycles. The lowest BCUT2D eigenvalue weighted by Gasteiger charge is -2.27. The van der Waals surface area contributed by atoms with E-state index >= 15 is 0 Å². The van der Waals surface area contributed by atoms with Crippen molar-refractivity contribution in [3.8, 4) is 0 Å². The fraction of sp³-hybridized carbons (Fsp3) is 0.846. The molecule has 0 aromatic heterocycles. The maximum atomic E-state index is 12.0. The van der Waals surface area contributed by atoms with Gasteiger partial charge in [0.15, 0.2) is 5.54 Å². The predicted molar refractivity (Wildman–Crippen MR) is 66.7 cm³/mol. The van der Waals surface area contributed by atoms with E-state index in [1.54, 1.807) is 0 Å². The van der Waals surface area contributed by atoms with Crippen molar-refractivity contribution in [1.29, 1.82) is 0 Å². The van der Waals surface area contributed by atoms with E-state index in [1.165, 1.54) is 19.3 Å². The Morgan fingerprint density at radius 1 is 1.26 bits per heavy atom. The average Bonchev–Trinajstić information content (AvgIpc) is 3.04. The van der Waals surface area contributed by atoms with Gasteiger partial charge in [-0.15, -0.1) is 0 Å². The van der Waals surface area contributed by atoms with Gasteiger partial charge in [-0.1, -0.05) is 6.42 Å². The fourth-order valence-corrected chi connectivity index (χ4v) is 3.73. The van der Waals surface area contributed by atoms with Gasteiger partial charge in [-0.2, -0.15) is 0 Å². The van der Waals surface area contributed by atoms with Gasteiger partial charge in [0.1, 0.15) is 0 Å². The third kappa shape index (κ3) is 2.29. The predicted octanol–water partition coefficient (Wildman–Crippen LogP) is 0.718. The largest absolute Gasteiger partial charge is 0.479 e. The molecule has 3 fully saturated rings. The first-order chi connectivity index (χ1) is 9.09. The van der Waals surface area contributed by atoms with Crippen molar-refractivity contribution in [2.75, 3.05) is 13.2 Å². The Morgan fingerprint density at radius 2 is 2.11 bits per heavy atom. The quantitative estimate of drug-likeness (QED) is 0.703. The molecule has 4 unspecified atom stereocenters. The minimum Gasteiger partial charge on any atom is -0.479 e. The van der Waals surface area contributed by atoms with Crippen LogP contribution in [-0.2, 0) is 9.53 Å². The molecule has 4 atom stereocenters. The third-order valence-electron chi connectivity index (χ3n) is 4.84. The molecule has 0 aromatic rings. The summed E-state index contributed by atoms with van der Waals surface area (Å²) in [5.74, 6) is 0.308. The second-order valence-corrected chi connectivity index (χ2v) is 6.07. The first-order valence-corrected chi connectivity index (χ1v) is 6.99. The Labute approximate surface area is 111 Å². The van der Waals surface area contributed by atoms with Crippen LogP contribution in [0.3, 0.4) is 0 Å². The standard InChI is InChI=1S/C13H20N2O4/c16-11(17)13(3-4-19-7-13)15-12(18)14-10-6-8-1-2-9(10)5-8/h8-10H,1-7H2,(H,16,17)(H2,14,15,18). The van der Waals surface area contributed by atoms with E-state index in [9.17, 15) is 14.7 Å². The number of aliphatic carboxylic acids is 1. The number of carboxylic acid groups (broad SMARTS) is 1. The summed E-state index contributed by atoms with van der Waals surface area (Å²) in [6.45, 7) is 0.424. The Hall–Kier alpha value is -1.30. The zero-order chi connectivity index (χ0) is 13.5. The molecule has 3 aliphatic rings. The summed E-state index contributed by atoms with van der Waals surface area (Å²) >= 11 is 0. The van der Waals surface area contributed by atoms with Gasteiger partial charge in [0.2, 0.25) is 0 Å². The van der Waals surface area contributed by atoms with E-state index in [0.29, 0.717) is 18.9 Å². The number of carboxylic acids is 1. The van der Waals surface area contributed by atoms with Crippen LogP contribution in [0.1, 0.15) is 32.1 Å². The highest BCUT2D eigenvalue weighted by molar-refractivity contribution is 5.86. The number of carbonyl (C=O) groups is 2. The Bertz CT molecular complexity index is 392. The van der Waals surface area contributed by atoms with E-state index in [4.69, 9.17) is 4.74 Å². The molecule has 3 rings (SSSR count). The Balaban J connectivity index is 1.57. The molecule has 1 heterocycles. The maximum absolute atomic E-state index is 12.0. The summed E-state index contributed by atoms with van der Waals surface area (Å²) in [7, 11) is 0. The number of amides is 2. The molecule has 19 heavy (non-hydrogen) atoms. The van der Waals surface area contributed by atoms with Gasteiger partial charge in [-0.25, -0.2) is 9.59 Å². The maximum Gasteiger partial charge on any atom is 0.332 e. The van der Waals surface area contributed by atoms with Crippen LogP contribution < -0.4 is 10.6 Å². The zero-order valence-electron chi connectivity index (χ0n) is 10.9. The first-order valence-electron chi connectivity index (χ1n) is 6.99. The highest BCUT2D eigenvalue weighted by Crippen LogP contribution is 2.44. The smallest absolute Gasteiger partial charge is 0.332 e. The molecular formula is C13H20N2O4. The third-order valence-corrected chi connectivity index (χ3v) is 4.84. The van der Waals surface area contributed by atoms with Crippen LogP contribution in [0.2, 0.25) is 0 Å². The van der Waals surface area contributed by atoms with E-state index in [2.05, 4.69) is 10.6 Å². The molecule has 1 saturated heterocycles. The lowest BCUT2D eigenvalue weighted by atomic mass is 9.95. The minimum atomic E-state index is -1.25. The summed E-state index contributed by atoms with van der Waals surface area (Å²) in [5, 5.41) is 14.8. The minimum absolute atomic E-state index is 0.0481. The molecule has 106 valence electrons. The SMILES string of the molecule is O=C(NC1CC2CCC1C2)NC1(C(=O)O)CCOC1. The lowest BCUT2D eigenvalue weighted by Crippen LogP contribution is -2.59. The van der Waals surface area contributed by atoms with Crippen molar-refractivity contribution in [2.24, 2.45) is 11.8 Å². The van der Waals surface area contributed by atoms with Crippen molar-refractivity contribution < 1.29 is 19.4 Å². The normalized spacial score (nSPS) is 40.3. The molecule has 6 nitrogen and oxygen atoms in total. The molecule has 2 bridgehead atoms. The Kier molecular flexibility index (Phi) is 3.12. The van der Waals surface area contributed by atoms with Crippen molar-refractivity contribution in [3.63, 3.8) is 0 Å². The van der Waals surface area contributed by atoms with Crippen LogP contribution in [0.4, 0.5) is 4.79 Å². The van der Waals surface area contributed by atoms with Crippen LogP contribution in [0.5, 0.6) is 0 Å². The topological polar surface area (TPSA) is 87.7 Å². The molecule has 1 aliphatic heterocycles. The number of nitrogens with one attached hydrogen (secondary N) is 2. The molecule has 6 heteroatoms. The average molecular weight is 268 g/mol. The van der Waals surface area contributed by atoms with Gasteiger partial charge in [0.25, 0.3) is 0 Å². The van der Waals surface area contributed by atoms with Gasteiger partial charge >= 0.3 is 12.0 Å². The van der Waals surface area contributed by atoms with Crippen LogP contribution in [0, 0.1) is 11.8 Å². The van der Waals surface area contributed by atoms with Gasteiger partial charge in [0, 0.05) is 19.1 Å². The van der Waals surface area contributed by atoms with E-state index in [0.717, 1.165) is 12.3 Å². The molecule has 2 saturated carbocycles. The molecule has 3 N–H and O–H groups in total. The van der Waals surface area contributed by atoms with Crippen molar-refractivity contribution in [1.82, 2.24) is 10.6 Å². The second-order valence-electron chi connectivity index (χ2n) is 6.07. The number of rotatable bonds is 3. The van der Waals surface area contributed by atoms with E-state index in [-0.39, 0.29) is 18.7 Å². The van der Waals surface area contributed by atoms with Crippen molar-refractivity contribution in [3.05, 3.63) is 0 Å². The molecule has 0 radical (unpaired) electrons. The van der Waals surface area contributed by atoms with Crippen LogP contribution in [0.25, 0.3) is 0 Å². The monoisotopic (exact) mass is 268 g/mol. The number of fused-ring (bicyclic) bond motifs is 2. The van der Waals surface area contributed by atoms with Crippen LogP contribution >= 0.6 is 0 Å². The number of urea groups is 1. The summed E-state index contributed by atoms with van der Waals surface area (Å²) < 4.78 is 5.12. The van der Waals surface area contributed by atoms with Gasteiger partial charge < -0.3 is 20.5 Å². The van der Waals surface area contributed by atoms with Gasteiger partial charge in [0.05, 0.1) is 6.61 Å². The molecule has 2 amide bonds. The van der Waals surface area contributed by atoms with E-state index in [1.807, 2.05) is 0 Å². The molecule has 0 spiro atoms. The number of ether oxygens (including phenoxy) is 1. The summed E-state index contributed by atoms with van der Waals surface area (Å²) in [4.78, 5) is 23.3. The number of hydrogen-bond donors (Lipinski definition) is 3. The van der Waals surface area contributed by atoms with E-state index < -0.39 is 11.5 Å². The fourth-order valence-electron chi connectivity index (χ4n) is 3.73. The summed E-state index contributed by atoms with van der Waals surface area (Å²) in [6, 6.07) is -0.155. The number of carbonyl (C=O) groups excluding carboxylic acids is 1. The highest BCUT2D eigenvalue weighted by Gasteiger charge is 2.45. The molecule has 0 aromatic carbocycles. The van der Waals surface area contributed by atoms with Gasteiger partial charge in [-0.05, 0) is 31.1 Å². The molecular weight excluding hydrogens is 248 g/mol. The summed E-state index contributed by atoms with van der Waals surface area (Å²) in [6.07, 6.45) is 5.03. The van der Waals surface area contributed by atoms with Crippen molar-refractivity contribution in [2.45, 2.75) is 43.7 Å². The van der Waals surface area contributed by atoms with Crippen molar-refractivity contribution >= 4 is 12.0 Å². The lowest BCUT2D eigenvalue weighted by molar-refractivity contribution is -0.144.